The van der Waals surface area contributed by atoms with Crippen LogP contribution in [-0.4, -0.2) is 103 Å². The maximum Gasteiger partial charge on any atom is 0.310 e. The molecule has 14 nitrogen and oxygen atoms in total. The number of carbonyl (C=O) groups is 2. The van der Waals surface area contributed by atoms with Crippen molar-refractivity contribution >= 4 is 71.9 Å². The quantitative estimate of drug-likeness (QED) is 0.0353. The average Bonchev–Trinajstić information content (AvgIpc) is 3.62. The predicted octanol–water partition coefficient (Wildman–Crippen LogP) is 8.43. The van der Waals surface area contributed by atoms with Gasteiger partial charge in [-0.25, -0.2) is 17.7 Å². The molecule has 3 N–H and O–H groups in total. The largest absolute Gasteiger partial charge is 0.469 e. The molecule has 0 aromatic heterocycles. The van der Waals surface area contributed by atoms with E-state index in [4.69, 9.17) is 32.4 Å². The lowest BCUT2D eigenvalue weighted by atomic mass is 9.76. The highest BCUT2D eigenvalue weighted by molar-refractivity contribution is 7.89. The first-order valence-corrected chi connectivity index (χ1v) is 28.2. The molecule has 3 aliphatic heterocycles. The zero-order chi connectivity index (χ0) is 50.1. The first kappa shape index (κ1) is 51.8. The van der Waals surface area contributed by atoms with Crippen molar-refractivity contribution in [2.24, 2.45) is 17.8 Å². The van der Waals surface area contributed by atoms with Crippen LogP contribution in [0.4, 0.5) is 5.69 Å². The van der Waals surface area contributed by atoms with Crippen molar-refractivity contribution in [3.05, 3.63) is 93.8 Å². The number of amides is 1. The van der Waals surface area contributed by atoms with Gasteiger partial charge in [0.2, 0.25) is 21.3 Å². The van der Waals surface area contributed by atoms with Gasteiger partial charge < -0.3 is 19.4 Å². The van der Waals surface area contributed by atoms with Gasteiger partial charge in [0.25, 0.3) is 10.1 Å². The number of halogens is 2. The molecule has 3 aromatic carbocycles. The second-order valence-corrected chi connectivity index (χ2v) is 22.7. The van der Waals surface area contributed by atoms with E-state index in [9.17, 15) is 31.0 Å². The fourth-order valence-corrected chi connectivity index (χ4v) is 13.7. The van der Waals surface area contributed by atoms with Crippen LogP contribution in [0.25, 0.3) is 33.4 Å². The van der Waals surface area contributed by atoms with Gasteiger partial charge in [0.15, 0.2) is 0 Å². The van der Waals surface area contributed by atoms with Crippen LogP contribution < -0.4 is 24.9 Å². The van der Waals surface area contributed by atoms with E-state index in [1.165, 1.54) is 19.2 Å². The topological polar surface area (TPSA) is 179 Å². The van der Waals surface area contributed by atoms with Gasteiger partial charge >= 0.3 is 5.97 Å². The van der Waals surface area contributed by atoms with Crippen molar-refractivity contribution < 1.29 is 40.1 Å². The number of fused-ring (bicyclic) bond motifs is 4. The van der Waals surface area contributed by atoms with Crippen LogP contribution in [0.2, 0.25) is 10.0 Å². The van der Waals surface area contributed by atoms with Crippen LogP contribution in [0.1, 0.15) is 84.1 Å². The van der Waals surface area contributed by atoms with E-state index in [2.05, 4.69) is 52.1 Å². The highest BCUT2D eigenvalue weighted by Crippen LogP contribution is 2.48. The van der Waals surface area contributed by atoms with Crippen molar-refractivity contribution in [1.29, 1.82) is 0 Å². The Bertz CT molecular complexity index is 3020. The molecule has 5 aliphatic rings. The molecule has 2 saturated heterocycles. The van der Waals surface area contributed by atoms with Crippen LogP contribution in [0.3, 0.4) is 0 Å². The van der Waals surface area contributed by atoms with Gasteiger partial charge in [-0.05, 0) is 127 Å². The Morgan fingerprint density at radius 3 is 2.26 bits per heavy atom. The Balaban J connectivity index is 0.931. The third-order valence-corrected chi connectivity index (χ3v) is 18.2. The fraction of sp³-hybridized carbons (Fsp3) is 0.481. The fourth-order valence-electron chi connectivity index (χ4n) is 11.4. The number of sulfonamides is 1. The molecule has 70 heavy (non-hydrogen) atoms. The van der Waals surface area contributed by atoms with Crippen LogP contribution in [0.5, 0.6) is 0 Å². The Morgan fingerprint density at radius 1 is 0.857 bits per heavy atom. The molecule has 1 amide bonds. The Hall–Kier alpha value is -4.55. The van der Waals surface area contributed by atoms with E-state index in [0.29, 0.717) is 76.7 Å². The number of esters is 1. The van der Waals surface area contributed by atoms with Gasteiger partial charge in [-0.1, -0.05) is 35.3 Å². The summed E-state index contributed by atoms with van der Waals surface area (Å²) in [6.45, 7) is 12.4. The molecule has 3 heterocycles. The SMILES string of the molecule is CCN(CC)c1ccc2c(-c3ccc(S(=O)(=O)NCC4CCC(C(=O)NCCN5C6CCC5[C@@H](C(=O)OC)[C@@H](c5ccc(Cl)c(Cl)c5)C6)CC4)cc3S(=O)(=O)O)c3ccc(=[N+](CC)CC)cc-3oc2c1. The number of rotatable bonds is 17. The second-order valence-electron chi connectivity index (χ2n) is 18.8. The Morgan fingerprint density at radius 2 is 1.59 bits per heavy atom. The van der Waals surface area contributed by atoms with Crippen LogP contribution in [-0.2, 0) is 34.5 Å². The summed E-state index contributed by atoms with van der Waals surface area (Å²) >= 11 is 12.6. The summed E-state index contributed by atoms with van der Waals surface area (Å²) in [5, 5.41) is 5.57. The minimum atomic E-state index is -4.95. The number of hydrogen-bond donors (Lipinski definition) is 3. The first-order chi connectivity index (χ1) is 33.5. The monoisotopic (exact) mass is 1040 g/mol. The summed E-state index contributed by atoms with van der Waals surface area (Å²) in [6.07, 6.45) is 4.97. The number of hydrogen-bond acceptors (Lipinski definition) is 10. The number of nitrogens with zero attached hydrogens (tertiary/aromatic N) is 3. The normalized spacial score (nSPS) is 21.8. The summed E-state index contributed by atoms with van der Waals surface area (Å²) < 4.78 is 81.7. The molecule has 0 radical (unpaired) electrons. The standard InChI is InChI=1S/C52H63Cl2N5O9S2/c1-6-57(7-2)35-15-19-39-46(28-35)68-47-29-36(58(8-3)9-4)16-20-40(47)49(39)41-21-18-38(30-48(41)70(64,65)66)69(62,63)56-31-32-10-12-33(13-11-32)51(60)55-24-25-59-37-17-23-45(59)50(52(61)67-5)42(27-37)34-14-22-43(53)44(54)26-34/h14-16,18-22,26,28-30,32-33,37,42,45,50,56H,6-13,17,23-25,27,31H2,1-5H3,(H-,55,60,64,65,66)/p+1/t32?,33?,37?,42-,45?,50+/m1/s1. The molecule has 4 atom stereocenters. The third kappa shape index (κ3) is 10.6. The lowest BCUT2D eigenvalue weighted by Crippen LogP contribution is -2.53. The van der Waals surface area contributed by atoms with Gasteiger partial charge in [0.05, 0.1) is 34.0 Å². The van der Waals surface area contributed by atoms with E-state index < -0.39 is 25.0 Å². The molecular weight excluding hydrogens is 974 g/mol. The highest BCUT2D eigenvalue weighted by atomic mass is 35.5. The summed E-state index contributed by atoms with van der Waals surface area (Å²) in [4.78, 5) is 30.4. The summed E-state index contributed by atoms with van der Waals surface area (Å²) in [7, 11) is -7.78. The number of piperidine rings is 1. The molecule has 3 fully saturated rings. The van der Waals surface area contributed by atoms with Gasteiger partial charge in [-0.15, -0.1) is 0 Å². The summed E-state index contributed by atoms with van der Waals surface area (Å²) in [6, 6.07) is 21.1. The van der Waals surface area contributed by atoms with E-state index in [0.717, 1.165) is 68.1 Å². The van der Waals surface area contributed by atoms with Crippen molar-refractivity contribution in [2.45, 2.75) is 100 Å². The summed E-state index contributed by atoms with van der Waals surface area (Å²) in [5.74, 6) is -0.492. The first-order valence-electron chi connectivity index (χ1n) is 24.5. The maximum atomic E-state index is 13.9. The minimum Gasteiger partial charge on any atom is -0.469 e. The Labute approximate surface area is 421 Å². The molecule has 3 aromatic rings. The van der Waals surface area contributed by atoms with Crippen molar-refractivity contribution in [2.75, 3.05) is 57.8 Å². The van der Waals surface area contributed by atoms with Gasteiger partial charge in [-0.3, -0.25) is 19.0 Å². The molecule has 376 valence electrons. The Kier molecular flexibility index (Phi) is 16.0. The maximum absolute atomic E-state index is 13.9. The number of benzene rings is 4. The third-order valence-electron chi connectivity index (χ3n) is 15.1. The minimum absolute atomic E-state index is 0.0295. The molecule has 8 rings (SSSR count). The highest BCUT2D eigenvalue weighted by Gasteiger charge is 2.51. The molecule has 2 aliphatic carbocycles. The van der Waals surface area contributed by atoms with Crippen LogP contribution in [0.15, 0.2) is 87.0 Å². The average molecular weight is 1040 g/mol. The predicted molar refractivity (Wildman–Crippen MR) is 274 cm³/mol. The van der Waals surface area contributed by atoms with Crippen molar-refractivity contribution in [3.8, 4) is 22.5 Å². The van der Waals surface area contributed by atoms with E-state index >= 15 is 0 Å². The number of methoxy groups -OCH3 is 1. The number of anilines is 1. The van der Waals surface area contributed by atoms with Crippen LogP contribution >= 0.6 is 23.2 Å². The zero-order valence-electron chi connectivity index (χ0n) is 40.4. The van der Waals surface area contributed by atoms with Crippen molar-refractivity contribution in [1.82, 2.24) is 19.5 Å². The molecule has 1 saturated carbocycles. The van der Waals surface area contributed by atoms with Gasteiger partial charge in [0.1, 0.15) is 29.3 Å². The smallest absolute Gasteiger partial charge is 0.310 e. The number of carbonyl (C=O) groups excluding carboxylic acids is 2. The van der Waals surface area contributed by atoms with E-state index in [1.807, 2.05) is 48.5 Å². The molecular formula is C52H64Cl2N5O9S2+. The van der Waals surface area contributed by atoms with Crippen molar-refractivity contribution in [3.63, 3.8) is 0 Å². The lowest BCUT2D eigenvalue weighted by Gasteiger charge is -2.43. The van der Waals surface area contributed by atoms with Crippen LogP contribution in [0, 0.1) is 17.8 Å². The van der Waals surface area contributed by atoms with E-state index in [1.54, 1.807) is 6.07 Å². The van der Waals surface area contributed by atoms with Gasteiger partial charge in [-0.2, -0.15) is 8.42 Å². The van der Waals surface area contributed by atoms with E-state index in [-0.39, 0.29) is 64.6 Å². The molecule has 2 bridgehead atoms. The van der Waals surface area contributed by atoms with Gasteiger partial charge in [0, 0.05) is 96.5 Å². The molecule has 18 heteroatoms. The lowest BCUT2D eigenvalue weighted by molar-refractivity contribution is -0.150. The number of nitrogens with one attached hydrogen (secondary N) is 2. The summed E-state index contributed by atoms with van der Waals surface area (Å²) in [5.41, 5.74) is 3.62. The molecule has 2 unspecified atom stereocenters. The second kappa shape index (κ2) is 21.7. The molecule has 0 spiro atoms. The zero-order valence-corrected chi connectivity index (χ0v) is 43.6. The number of ether oxygens (including phenoxy) is 1.